The quantitative estimate of drug-likeness (QED) is 0.685. The average Bonchev–Trinajstić information content (AvgIpc) is 2.44. The van der Waals surface area contributed by atoms with Gasteiger partial charge in [0.15, 0.2) is 0 Å². The van der Waals surface area contributed by atoms with E-state index in [1.54, 1.807) is 18.3 Å². The number of para-hydroxylation sites is 1. The summed E-state index contributed by atoms with van der Waals surface area (Å²) >= 11 is 0. The Morgan fingerprint density at radius 2 is 1.79 bits per heavy atom. The lowest BCUT2D eigenvalue weighted by atomic mass is 10.1. The molecular formula is C15H12FN3. The lowest BCUT2D eigenvalue weighted by molar-refractivity contribution is 0.640. The van der Waals surface area contributed by atoms with Crippen molar-refractivity contribution in [2.45, 2.75) is 0 Å². The van der Waals surface area contributed by atoms with Crippen molar-refractivity contribution < 1.29 is 4.39 Å². The van der Waals surface area contributed by atoms with E-state index >= 15 is 0 Å². The topological polar surface area (TPSA) is 50.9 Å². The van der Waals surface area contributed by atoms with Crippen LogP contribution in [-0.2, 0) is 0 Å². The van der Waals surface area contributed by atoms with E-state index in [0.717, 1.165) is 5.69 Å². The van der Waals surface area contributed by atoms with Crippen LogP contribution in [0.25, 0.3) is 10.8 Å². The molecule has 0 aliphatic rings. The molecule has 19 heavy (non-hydrogen) atoms. The van der Waals surface area contributed by atoms with Crippen LogP contribution in [0.15, 0.2) is 54.7 Å². The molecule has 0 radical (unpaired) electrons. The maximum Gasteiger partial charge on any atom is 0.141 e. The van der Waals surface area contributed by atoms with Gasteiger partial charge in [-0.1, -0.05) is 18.2 Å². The number of halogens is 1. The van der Waals surface area contributed by atoms with Crippen LogP contribution in [0, 0.1) is 5.82 Å². The summed E-state index contributed by atoms with van der Waals surface area (Å²) in [5, 5.41) is 4.18. The second-order valence-corrected chi connectivity index (χ2v) is 4.21. The number of rotatable bonds is 2. The molecule has 0 spiro atoms. The zero-order valence-corrected chi connectivity index (χ0v) is 10.1. The number of hydrogen-bond donors (Lipinski definition) is 2. The minimum absolute atomic E-state index is 0.337. The second kappa shape index (κ2) is 4.57. The molecule has 0 aliphatic heterocycles. The zero-order valence-electron chi connectivity index (χ0n) is 10.1. The van der Waals surface area contributed by atoms with E-state index in [9.17, 15) is 4.39 Å². The molecule has 0 saturated carbocycles. The number of fused-ring (bicyclic) bond motifs is 1. The molecule has 1 aromatic heterocycles. The number of aromatic nitrogens is 1. The Morgan fingerprint density at radius 1 is 1.00 bits per heavy atom. The van der Waals surface area contributed by atoms with E-state index in [0.29, 0.717) is 22.3 Å². The molecule has 3 nitrogen and oxygen atoms in total. The number of hydrogen-bond acceptors (Lipinski definition) is 3. The van der Waals surface area contributed by atoms with Crippen molar-refractivity contribution in [2.24, 2.45) is 0 Å². The molecular weight excluding hydrogens is 241 g/mol. The molecule has 0 amide bonds. The molecule has 0 fully saturated rings. The van der Waals surface area contributed by atoms with Gasteiger partial charge < -0.3 is 11.1 Å². The van der Waals surface area contributed by atoms with Crippen LogP contribution >= 0.6 is 0 Å². The number of nitrogens with one attached hydrogen (secondary N) is 1. The van der Waals surface area contributed by atoms with Gasteiger partial charge in [-0.2, -0.15) is 0 Å². The van der Waals surface area contributed by atoms with Gasteiger partial charge in [-0.25, -0.2) is 9.37 Å². The Balaban J connectivity index is 2.17. The lowest BCUT2D eigenvalue weighted by Gasteiger charge is -2.10. The normalized spacial score (nSPS) is 10.6. The first-order chi connectivity index (χ1) is 9.25. The molecule has 94 valence electrons. The molecule has 0 saturated heterocycles. The Labute approximate surface area is 109 Å². The van der Waals surface area contributed by atoms with Gasteiger partial charge in [-0.05, 0) is 30.3 Å². The Morgan fingerprint density at radius 3 is 2.58 bits per heavy atom. The van der Waals surface area contributed by atoms with E-state index in [4.69, 9.17) is 5.73 Å². The highest BCUT2D eigenvalue weighted by Gasteiger charge is 2.10. The Hall–Kier alpha value is -2.62. The van der Waals surface area contributed by atoms with E-state index in [1.807, 2.05) is 30.3 Å². The third-order valence-corrected chi connectivity index (χ3v) is 2.95. The number of nitrogens with two attached hydrogens (primary N) is 1. The minimum Gasteiger partial charge on any atom is -0.398 e. The summed E-state index contributed by atoms with van der Waals surface area (Å²) in [6, 6.07) is 14.1. The smallest absolute Gasteiger partial charge is 0.141 e. The third kappa shape index (κ3) is 2.08. The van der Waals surface area contributed by atoms with Crippen LogP contribution in [0.1, 0.15) is 0 Å². The summed E-state index contributed by atoms with van der Waals surface area (Å²) in [6.45, 7) is 0. The molecule has 1 heterocycles. The molecule has 3 aromatic rings. The maximum atomic E-state index is 14.0. The number of nitrogens with zero attached hydrogens (tertiary/aromatic N) is 1. The van der Waals surface area contributed by atoms with Crippen LogP contribution in [0.2, 0.25) is 0 Å². The molecule has 3 rings (SSSR count). The maximum absolute atomic E-state index is 14.0. The van der Waals surface area contributed by atoms with Crippen LogP contribution in [0.5, 0.6) is 0 Å². The molecule has 0 aliphatic carbocycles. The highest BCUT2D eigenvalue weighted by Crippen LogP contribution is 2.30. The van der Waals surface area contributed by atoms with E-state index in [-0.39, 0.29) is 5.82 Å². The van der Waals surface area contributed by atoms with Gasteiger partial charge in [0.2, 0.25) is 0 Å². The Kier molecular flexibility index (Phi) is 2.76. The molecule has 0 bridgehead atoms. The molecule has 3 N–H and O–H groups in total. The highest BCUT2D eigenvalue weighted by atomic mass is 19.1. The average molecular weight is 253 g/mol. The molecule has 0 unspecified atom stereocenters. The first-order valence-electron chi connectivity index (χ1n) is 5.90. The monoisotopic (exact) mass is 253 g/mol. The highest BCUT2D eigenvalue weighted by molar-refractivity contribution is 6.00. The van der Waals surface area contributed by atoms with Crippen molar-refractivity contribution in [1.82, 2.24) is 4.98 Å². The number of pyridine rings is 1. The second-order valence-electron chi connectivity index (χ2n) is 4.21. The third-order valence-electron chi connectivity index (χ3n) is 2.95. The van der Waals surface area contributed by atoms with E-state index < -0.39 is 0 Å². The summed E-state index contributed by atoms with van der Waals surface area (Å²) in [5.74, 6) is 0.129. The van der Waals surface area contributed by atoms with Gasteiger partial charge in [-0.15, -0.1) is 0 Å². The van der Waals surface area contributed by atoms with Crippen LogP contribution in [-0.4, -0.2) is 4.98 Å². The minimum atomic E-state index is -0.337. The standard InChI is InChI=1S/C15H12FN3/c16-12-6-7-13(17)11-8-9-18-15(14(11)12)19-10-4-2-1-3-5-10/h1-9H,17H2,(H,18,19). The van der Waals surface area contributed by atoms with Crippen molar-refractivity contribution in [3.8, 4) is 0 Å². The van der Waals surface area contributed by atoms with E-state index in [1.165, 1.54) is 6.07 Å². The van der Waals surface area contributed by atoms with Crippen LogP contribution in [0.4, 0.5) is 21.6 Å². The Bertz CT molecular complexity index is 726. The summed E-state index contributed by atoms with van der Waals surface area (Å²) in [7, 11) is 0. The SMILES string of the molecule is Nc1ccc(F)c2c(Nc3ccccc3)nccc12. The summed E-state index contributed by atoms with van der Waals surface area (Å²) in [4.78, 5) is 4.20. The largest absolute Gasteiger partial charge is 0.398 e. The lowest BCUT2D eigenvalue weighted by Crippen LogP contribution is -1.97. The predicted molar refractivity (Wildman–Crippen MR) is 75.8 cm³/mol. The van der Waals surface area contributed by atoms with Gasteiger partial charge in [-0.3, -0.25) is 0 Å². The zero-order chi connectivity index (χ0) is 13.2. The van der Waals surface area contributed by atoms with Crippen molar-refractivity contribution in [3.63, 3.8) is 0 Å². The summed E-state index contributed by atoms with van der Waals surface area (Å²) in [5.41, 5.74) is 7.25. The van der Waals surface area contributed by atoms with Crippen molar-refractivity contribution in [1.29, 1.82) is 0 Å². The van der Waals surface area contributed by atoms with Crippen LogP contribution < -0.4 is 11.1 Å². The molecule has 4 heteroatoms. The molecule has 2 aromatic carbocycles. The van der Waals surface area contributed by atoms with Gasteiger partial charge in [0.1, 0.15) is 11.6 Å². The van der Waals surface area contributed by atoms with Gasteiger partial charge >= 0.3 is 0 Å². The fourth-order valence-electron chi connectivity index (χ4n) is 2.03. The molecule has 0 atom stereocenters. The number of anilines is 3. The van der Waals surface area contributed by atoms with Crippen molar-refractivity contribution >= 4 is 28.0 Å². The van der Waals surface area contributed by atoms with E-state index in [2.05, 4.69) is 10.3 Å². The van der Waals surface area contributed by atoms with Gasteiger partial charge in [0, 0.05) is 23.0 Å². The van der Waals surface area contributed by atoms with Gasteiger partial charge in [0.05, 0.1) is 5.39 Å². The van der Waals surface area contributed by atoms with Crippen LogP contribution in [0.3, 0.4) is 0 Å². The first-order valence-corrected chi connectivity index (χ1v) is 5.90. The van der Waals surface area contributed by atoms with Gasteiger partial charge in [0.25, 0.3) is 0 Å². The fourth-order valence-corrected chi connectivity index (χ4v) is 2.03. The predicted octanol–water partition coefficient (Wildman–Crippen LogP) is 3.70. The number of nitrogen functional groups attached to an aromatic ring is 1. The summed E-state index contributed by atoms with van der Waals surface area (Å²) < 4.78 is 14.0. The summed E-state index contributed by atoms with van der Waals surface area (Å²) in [6.07, 6.45) is 1.61. The fraction of sp³-hybridized carbons (Fsp3) is 0. The van der Waals surface area contributed by atoms with Crippen molar-refractivity contribution in [2.75, 3.05) is 11.1 Å². The van der Waals surface area contributed by atoms with Crippen molar-refractivity contribution in [3.05, 3.63) is 60.5 Å². The first kappa shape index (κ1) is 11.5. The number of benzene rings is 2.